The molecule has 1 aromatic carbocycles. The van der Waals surface area contributed by atoms with Gasteiger partial charge in [-0.3, -0.25) is 4.79 Å². The topological polar surface area (TPSA) is 45.7 Å². The van der Waals surface area contributed by atoms with Crippen molar-refractivity contribution in [1.82, 2.24) is 0 Å². The summed E-state index contributed by atoms with van der Waals surface area (Å²) in [7, 11) is 0. The van der Waals surface area contributed by atoms with E-state index in [-0.39, 0.29) is 5.69 Å². The number of anilines is 1. The first kappa shape index (κ1) is 17.8. The average Bonchev–Trinajstić information content (AvgIpc) is 2.50. The van der Waals surface area contributed by atoms with E-state index in [2.05, 4.69) is 5.32 Å². The Bertz CT molecular complexity index is 543. The van der Waals surface area contributed by atoms with Crippen LogP contribution in [0.15, 0.2) is 12.1 Å². The summed E-state index contributed by atoms with van der Waals surface area (Å²) in [4.78, 5) is 12.2. The third-order valence-corrected chi connectivity index (χ3v) is 4.42. The van der Waals surface area contributed by atoms with Gasteiger partial charge in [-0.25, -0.2) is 13.2 Å². The number of nitrogens with two attached hydrogens (primary N) is 1. The molecule has 1 amide bonds. The fourth-order valence-electron chi connectivity index (χ4n) is 3.04. The van der Waals surface area contributed by atoms with E-state index in [1.807, 2.05) is 5.32 Å². The fraction of sp³-hybridized carbons (Fsp3) is 0.588. The van der Waals surface area contributed by atoms with Crippen LogP contribution in [-0.4, -0.2) is 18.0 Å². The van der Waals surface area contributed by atoms with Crippen LogP contribution in [-0.2, 0) is 4.79 Å². The fourth-order valence-corrected chi connectivity index (χ4v) is 3.04. The van der Waals surface area contributed by atoms with Crippen LogP contribution in [0, 0.1) is 17.5 Å². The van der Waals surface area contributed by atoms with E-state index in [4.69, 9.17) is 0 Å². The van der Waals surface area contributed by atoms with Crippen LogP contribution >= 0.6 is 0 Å². The van der Waals surface area contributed by atoms with Crippen molar-refractivity contribution >= 4 is 11.6 Å². The van der Waals surface area contributed by atoms with E-state index >= 15 is 0 Å². The van der Waals surface area contributed by atoms with Crippen LogP contribution in [0.25, 0.3) is 0 Å². The predicted octanol–water partition coefficient (Wildman–Crippen LogP) is 3.11. The Labute approximate surface area is 134 Å². The third-order valence-electron chi connectivity index (χ3n) is 4.42. The molecule has 1 aliphatic rings. The molecule has 0 saturated heterocycles. The minimum atomic E-state index is -1.57. The van der Waals surface area contributed by atoms with Gasteiger partial charge in [-0.2, -0.15) is 0 Å². The predicted molar refractivity (Wildman–Crippen MR) is 82.4 cm³/mol. The molecule has 2 rings (SSSR count). The van der Waals surface area contributed by atoms with E-state index < -0.39 is 29.4 Å². The second-order valence-electron chi connectivity index (χ2n) is 6.30. The van der Waals surface area contributed by atoms with Gasteiger partial charge in [0.25, 0.3) is 5.91 Å². The molecule has 0 radical (unpaired) electrons. The summed E-state index contributed by atoms with van der Waals surface area (Å²) in [6, 6.07) is 1.81. The number of hydrogen-bond donors (Lipinski definition) is 2. The molecule has 0 aliphatic heterocycles. The lowest BCUT2D eigenvalue weighted by Gasteiger charge is -2.21. The molecule has 1 atom stereocenters. The number of halogens is 3. The van der Waals surface area contributed by atoms with Crippen molar-refractivity contribution < 1.29 is 23.3 Å². The van der Waals surface area contributed by atoms with E-state index in [9.17, 15) is 18.0 Å². The maximum Gasteiger partial charge on any atom is 0.282 e. The van der Waals surface area contributed by atoms with Gasteiger partial charge in [-0.05, 0) is 44.7 Å². The molecule has 0 unspecified atom stereocenters. The first-order chi connectivity index (χ1) is 11.0. The lowest BCUT2D eigenvalue weighted by Crippen LogP contribution is -2.96. The third kappa shape index (κ3) is 4.96. The maximum absolute atomic E-state index is 13.6. The number of rotatable bonds is 4. The molecule has 3 nitrogen and oxygen atoms in total. The molecule has 0 heterocycles. The molecule has 0 spiro atoms. The number of amides is 1. The summed E-state index contributed by atoms with van der Waals surface area (Å²) in [6.45, 7) is 1.74. The molecule has 1 fully saturated rings. The zero-order valence-corrected chi connectivity index (χ0v) is 13.4. The largest absolute Gasteiger partial charge is 0.334 e. The summed E-state index contributed by atoms with van der Waals surface area (Å²) in [6.07, 6.45) is 8.18. The number of nitrogens with one attached hydrogen (secondary N) is 1. The van der Waals surface area contributed by atoms with Crippen LogP contribution in [0.4, 0.5) is 18.9 Å². The van der Waals surface area contributed by atoms with E-state index in [0.29, 0.717) is 6.04 Å². The molecule has 3 N–H and O–H groups in total. The first-order valence-electron chi connectivity index (χ1n) is 8.28. The molecular formula is C17H24F3N2O+. The molecule has 128 valence electrons. The molecule has 1 aliphatic carbocycles. The maximum atomic E-state index is 13.6. The molecule has 0 aromatic heterocycles. The van der Waals surface area contributed by atoms with Gasteiger partial charge in [0.05, 0.1) is 11.7 Å². The Morgan fingerprint density at radius 3 is 2.35 bits per heavy atom. The molecule has 23 heavy (non-hydrogen) atoms. The van der Waals surface area contributed by atoms with Crippen molar-refractivity contribution in [2.75, 3.05) is 5.32 Å². The molecule has 1 saturated carbocycles. The number of quaternary nitrogens is 1. The summed E-state index contributed by atoms with van der Waals surface area (Å²) in [5.41, 5.74) is -0.327. The van der Waals surface area contributed by atoms with Crippen LogP contribution in [0.2, 0.25) is 0 Å². The smallest absolute Gasteiger partial charge is 0.282 e. The highest BCUT2D eigenvalue weighted by atomic mass is 19.2. The Balaban J connectivity index is 1.93. The zero-order valence-electron chi connectivity index (χ0n) is 13.4. The second kappa shape index (κ2) is 8.34. The summed E-state index contributed by atoms with van der Waals surface area (Å²) < 4.78 is 39.7. The average molecular weight is 329 g/mol. The molecule has 6 heteroatoms. The van der Waals surface area contributed by atoms with Crippen molar-refractivity contribution in [3.8, 4) is 0 Å². The SMILES string of the molecule is C[C@H]([NH2+]C1CCCCCCC1)C(=O)Nc1ccc(F)c(F)c1F. The van der Waals surface area contributed by atoms with Gasteiger partial charge in [0.15, 0.2) is 23.5 Å². The lowest BCUT2D eigenvalue weighted by molar-refractivity contribution is -0.707. The van der Waals surface area contributed by atoms with Crippen molar-refractivity contribution in [1.29, 1.82) is 0 Å². The quantitative estimate of drug-likeness (QED) is 0.819. The lowest BCUT2D eigenvalue weighted by atomic mass is 9.96. The highest BCUT2D eigenvalue weighted by Crippen LogP contribution is 2.19. The standard InChI is InChI=1S/C17H23F3N2O/c1-11(21-12-7-5-3-2-4-6-8-12)17(23)22-14-10-9-13(18)15(19)16(14)20/h9-12,21H,2-8H2,1H3,(H,22,23)/p+1/t11-/m0/s1. The first-order valence-corrected chi connectivity index (χ1v) is 8.28. The van der Waals surface area contributed by atoms with Crippen LogP contribution in [0.3, 0.4) is 0 Å². The number of carbonyl (C=O) groups excluding carboxylic acids is 1. The Morgan fingerprint density at radius 2 is 1.70 bits per heavy atom. The Morgan fingerprint density at radius 1 is 1.09 bits per heavy atom. The van der Waals surface area contributed by atoms with Crippen LogP contribution < -0.4 is 10.6 Å². The molecule has 0 bridgehead atoms. The molecule has 1 aromatic rings. The van der Waals surface area contributed by atoms with Gasteiger partial charge >= 0.3 is 0 Å². The minimum absolute atomic E-state index is 0.327. The Kier molecular flexibility index (Phi) is 6.45. The van der Waals surface area contributed by atoms with E-state index in [1.54, 1.807) is 6.92 Å². The monoisotopic (exact) mass is 329 g/mol. The van der Waals surface area contributed by atoms with Crippen LogP contribution in [0.1, 0.15) is 51.9 Å². The van der Waals surface area contributed by atoms with Crippen molar-refractivity contribution in [2.45, 2.75) is 64.0 Å². The zero-order chi connectivity index (χ0) is 16.8. The van der Waals surface area contributed by atoms with Crippen molar-refractivity contribution in [3.05, 3.63) is 29.6 Å². The highest BCUT2D eigenvalue weighted by molar-refractivity contribution is 5.93. The van der Waals surface area contributed by atoms with E-state index in [0.717, 1.165) is 37.8 Å². The van der Waals surface area contributed by atoms with Gasteiger partial charge in [-0.15, -0.1) is 0 Å². The normalized spacial score (nSPS) is 18.1. The number of benzene rings is 1. The van der Waals surface area contributed by atoms with Crippen molar-refractivity contribution in [3.63, 3.8) is 0 Å². The summed E-state index contributed by atoms with van der Waals surface area (Å²) in [5, 5.41) is 4.34. The van der Waals surface area contributed by atoms with Gasteiger partial charge in [-0.1, -0.05) is 19.3 Å². The Hall–Kier alpha value is -1.56. The van der Waals surface area contributed by atoms with Crippen LogP contribution in [0.5, 0.6) is 0 Å². The van der Waals surface area contributed by atoms with Gasteiger partial charge in [0.1, 0.15) is 0 Å². The summed E-state index contributed by atoms with van der Waals surface area (Å²) in [5.74, 6) is -4.61. The number of carbonyl (C=O) groups is 1. The minimum Gasteiger partial charge on any atom is -0.334 e. The van der Waals surface area contributed by atoms with E-state index in [1.165, 1.54) is 19.3 Å². The van der Waals surface area contributed by atoms with Gasteiger partial charge in [0.2, 0.25) is 0 Å². The second-order valence-corrected chi connectivity index (χ2v) is 6.30. The molecular weight excluding hydrogens is 305 g/mol. The summed E-state index contributed by atoms with van der Waals surface area (Å²) >= 11 is 0. The number of hydrogen-bond acceptors (Lipinski definition) is 1. The van der Waals surface area contributed by atoms with Crippen molar-refractivity contribution in [2.24, 2.45) is 0 Å². The van der Waals surface area contributed by atoms with Gasteiger partial charge in [0, 0.05) is 0 Å². The highest BCUT2D eigenvalue weighted by Gasteiger charge is 2.24. The van der Waals surface area contributed by atoms with Gasteiger partial charge < -0.3 is 10.6 Å².